The molecule has 4 nitrogen and oxygen atoms in total. The first kappa shape index (κ1) is 12.2. The van der Waals surface area contributed by atoms with Crippen LogP contribution in [0.1, 0.15) is 5.56 Å². The van der Waals surface area contributed by atoms with Crippen molar-refractivity contribution in [2.75, 3.05) is 13.2 Å². The molecule has 4 heteroatoms. The first-order chi connectivity index (χ1) is 8.88. The van der Waals surface area contributed by atoms with Crippen molar-refractivity contribution in [3.8, 4) is 17.6 Å². The lowest BCUT2D eigenvalue weighted by Crippen LogP contribution is -2.08. The second-order valence-corrected chi connectivity index (χ2v) is 3.60. The molecule has 2 rings (SSSR count). The third kappa shape index (κ3) is 3.65. The van der Waals surface area contributed by atoms with Crippen LogP contribution in [0.4, 0.5) is 0 Å². The molecular weight excluding hydrogens is 228 g/mol. The predicted molar refractivity (Wildman–Crippen MR) is 68.1 cm³/mol. The maximum absolute atomic E-state index is 8.58. The fourth-order valence-electron chi connectivity index (χ4n) is 1.47. The smallest absolute Gasteiger partial charge is 0.119 e. The van der Waals surface area contributed by atoms with Crippen LogP contribution in [-0.2, 0) is 6.54 Å². The highest BCUT2D eigenvalue weighted by Crippen LogP contribution is 2.11. The molecule has 1 N–H and O–H groups in total. The summed E-state index contributed by atoms with van der Waals surface area (Å²) in [6.07, 6.45) is 3.64. The lowest BCUT2D eigenvalue weighted by molar-refractivity contribution is 0.291. The Morgan fingerprint density at radius 1 is 1.28 bits per heavy atom. The zero-order chi connectivity index (χ0) is 12.6. The van der Waals surface area contributed by atoms with Crippen LogP contribution in [0.2, 0.25) is 0 Å². The summed E-state index contributed by atoms with van der Waals surface area (Å²) in [6.45, 7) is 1.17. The second kappa shape index (κ2) is 6.48. The van der Waals surface area contributed by atoms with Crippen molar-refractivity contribution < 1.29 is 9.84 Å². The lowest BCUT2D eigenvalue weighted by atomic mass is 10.2. The van der Waals surface area contributed by atoms with E-state index < -0.39 is 0 Å². The zero-order valence-electron chi connectivity index (χ0n) is 9.91. The topological polar surface area (TPSA) is 47.3 Å². The van der Waals surface area contributed by atoms with Gasteiger partial charge in [0.1, 0.15) is 19.0 Å². The molecule has 0 bridgehead atoms. The molecule has 1 aromatic heterocycles. The van der Waals surface area contributed by atoms with Gasteiger partial charge in [0.2, 0.25) is 0 Å². The largest absolute Gasteiger partial charge is 0.492 e. The first-order valence-electron chi connectivity index (χ1n) is 5.68. The maximum Gasteiger partial charge on any atom is 0.119 e. The SMILES string of the molecule is OCC#Cc1ccc(OCCn2cccn2)cc1. The molecule has 0 aliphatic rings. The molecule has 0 radical (unpaired) electrons. The average Bonchev–Trinajstić information content (AvgIpc) is 2.91. The average molecular weight is 242 g/mol. The van der Waals surface area contributed by atoms with Crippen molar-refractivity contribution in [3.05, 3.63) is 48.3 Å². The van der Waals surface area contributed by atoms with Crippen LogP contribution in [0.15, 0.2) is 42.7 Å². The minimum atomic E-state index is -0.123. The Bertz CT molecular complexity index is 521. The molecule has 0 spiro atoms. The van der Waals surface area contributed by atoms with E-state index in [1.807, 2.05) is 41.2 Å². The zero-order valence-corrected chi connectivity index (χ0v) is 9.91. The number of hydrogen-bond acceptors (Lipinski definition) is 3. The molecule has 92 valence electrons. The highest BCUT2D eigenvalue weighted by molar-refractivity contribution is 5.38. The van der Waals surface area contributed by atoms with Gasteiger partial charge in [-0.3, -0.25) is 4.68 Å². The van der Waals surface area contributed by atoms with Crippen LogP contribution in [0.3, 0.4) is 0 Å². The van der Waals surface area contributed by atoms with Crippen molar-refractivity contribution in [1.82, 2.24) is 9.78 Å². The molecule has 0 atom stereocenters. The summed E-state index contributed by atoms with van der Waals surface area (Å²) in [5.74, 6) is 6.23. The third-order valence-electron chi connectivity index (χ3n) is 2.31. The van der Waals surface area contributed by atoms with E-state index in [9.17, 15) is 0 Å². The van der Waals surface area contributed by atoms with Gasteiger partial charge in [-0.05, 0) is 30.3 Å². The summed E-state index contributed by atoms with van der Waals surface area (Å²) in [5, 5.41) is 12.7. The summed E-state index contributed by atoms with van der Waals surface area (Å²) in [6, 6.07) is 9.35. The van der Waals surface area contributed by atoms with Crippen LogP contribution < -0.4 is 4.74 Å². The molecule has 0 aliphatic heterocycles. The fourth-order valence-corrected chi connectivity index (χ4v) is 1.47. The third-order valence-corrected chi connectivity index (χ3v) is 2.31. The number of nitrogens with zero attached hydrogens (tertiary/aromatic N) is 2. The molecule has 1 aromatic carbocycles. The molecule has 0 saturated heterocycles. The minimum absolute atomic E-state index is 0.123. The van der Waals surface area contributed by atoms with Gasteiger partial charge in [-0.2, -0.15) is 5.10 Å². The maximum atomic E-state index is 8.58. The molecule has 0 unspecified atom stereocenters. The summed E-state index contributed by atoms with van der Waals surface area (Å²) < 4.78 is 7.40. The summed E-state index contributed by atoms with van der Waals surface area (Å²) in [7, 11) is 0. The molecule has 1 heterocycles. The Balaban J connectivity index is 1.83. The van der Waals surface area contributed by atoms with E-state index in [1.165, 1.54) is 0 Å². The van der Waals surface area contributed by atoms with E-state index in [1.54, 1.807) is 6.20 Å². The van der Waals surface area contributed by atoms with Gasteiger partial charge in [0.15, 0.2) is 0 Å². The fraction of sp³-hybridized carbons (Fsp3) is 0.214. The Hall–Kier alpha value is -2.25. The van der Waals surface area contributed by atoms with E-state index >= 15 is 0 Å². The number of aromatic nitrogens is 2. The van der Waals surface area contributed by atoms with Crippen LogP contribution in [0.25, 0.3) is 0 Å². The van der Waals surface area contributed by atoms with Crippen molar-refractivity contribution in [1.29, 1.82) is 0 Å². The van der Waals surface area contributed by atoms with Gasteiger partial charge in [-0.1, -0.05) is 11.8 Å². The van der Waals surface area contributed by atoms with Gasteiger partial charge >= 0.3 is 0 Å². The number of hydrogen-bond donors (Lipinski definition) is 1. The standard InChI is InChI=1S/C14H14N2O2/c17-11-1-3-13-4-6-14(7-5-13)18-12-10-16-9-2-8-15-16/h2,4-9,17H,10-12H2. The molecule has 18 heavy (non-hydrogen) atoms. The molecule has 0 amide bonds. The Kier molecular flexibility index (Phi) is 4.39. The van der Waals surface area contributed by atoms with Gasteiger partial charge in [0.05, 0.1) is 6.54 Å². The van der Waals surface area contributed by atoms with Gasteiger partial charge in [0.25, 0.3) is 0 Å². The number of rotatable bonds is 4. The quantitative estimate of drug-likeness (QED) is 0.822. The van der Waals surface area contributed by atoms with Crippen molar-refractivity contribution >= 4 is 0 Å². The van der Waals surface area contributed by atoms with Crippen molar-refractivity contribution in [3.63, 3.8) is 0 Å². The summed E-state index contributed by atoms with van der Waals surface area (Å²) >= 11 is 0. The van der Waals surface area contributed by atoms with Crippen molar-refractivity contribution in [2.45, 2.75) is 6.54 Å². The summed E-state index contributed by atoms with van der Waals surface area (Å²) in [4.78, 5) is 0. The number of benzene rings is 1. The van der Waals surface area contributed by atoms with Crippen molar-refractivity contribution in [2.24, 2.45) is 0 Å². The molecule has 2 aromatic rings. The molecule has 0 fully saturated rings. The highest BCUT2D eigenvalue weighted by atomic mass is 16.5. The van der Waals surface area contributed by atoms with E-state index in [0.29, 0.717) is 6.61 Å². The predicted octanol–water partition coefficient (Wildman–Crippen LogP) is 1.31. The minimum Gasteiger partial charge on any atom is -0.492 e. The highest BCUT2D eigenvalue weighted by Gasteiger charge is 1.95. The second-order valence-electron chi connectivity index (χ2n) is 3.60. The van der Waals surface area contributed by atoms with E-state index in [2.05, 4.69) is 16.9 Å². The number of aliphatic hydroxyl groups excluding tert-OH is 1. The van der Waals surface area contributed by atoms with Gasteiger partial charge < -0.3 is 9.84 Å². The van der Waals surface area contributed by atoms with E-state index in [0.717, 1.165) is 17.9 Å². The molecular formula is C14H14N2O2. The summed E-state index contributed by atoms with van der Waals surface area (Å²) in [5.41, 5.74) is 0.864. The van der Waals surface area contributed by atoms with Crippen LogP contribution in [-0.4, -0.2) is 28.1 Å². The Morgan fingerprint density at radius 2 is 2.11 bits per heavy atom. The molecule has 0 aliphatic carbocycles. The van der Waals surface area contributed by atoms with Gasteiger partial charge in [0, 0.05) is 18.0 Å². The number of ether oxygens (including phenoxy) is 1. The first-order valence-corrected chi connectivity index (χ1v) is 5.68. The lowest BCUT2D eigenvalue weighted by Gasteiger charge is -2.06. The van der Waals surface area contributed by atoms with Crippen LogP contribution in [0.5, 0.6) is 5.75 Å². The normalized spacial score (nSPS) is 9.61. The number of aliphatic hydroxyl groups is 1. The Morgan fingerprint density at radius 3 is 2.78 bits per heavy atom. The Labute approximate surface area is 106 Å². The van der Waals surface area contributed by atoms with Crippen LogP contribution in [0, 0.1) is 11.8 Å². The monoisotopic (exact) mass is 242 g/mol. The molecule has 0 saturated carbocycles. The van der Waals surface area contributed by atoms with E-state index in [-0.39, 0.29) is 6.61 Å². The van der Waals surface area contributed by atoms with E-state index in [4.69, 9.17) is 9.84 Å². The van der Waals surface area contributed by atoms with Gasteiger partial charge in [-0.25, -0.2) is 0 Å². The van der Waals surface area contributed by atoms with Crippen LogP contribution >= 0.6 is 0 Å². The van der Waals surface area contributed by atoms with Gasteiger partial charge in [-0.15, -0.1) is 0 Å².